The number of rotatable bonds is 5. The maximum absolute atomic E-state index is 12.8. The van der Waals surface area contributed by atoms with Crippen LogP contribution in [-0.4, -0.2) is 45.0 Å². The molecule has 164 valence electrons. The van der Waals surface area contributed by atoms with E-state index >= 15 is 0 Å². The van der Waals surface area contributed by atoms with Crippen LogP contribution in [0.4, 0.5) is 11.4 Å². The lowest BCUT2D eigenvalue weighted by molar-refractivity contribution is -0.118. The molecule has 2 heterocycles. The molecule has 0 fully saturated rings. The zero-order chi connectivity index (χ0) is 22.0. The first-order valence-corrected chi connectivity index (χ1v) is 12.5. The van der Waals surface area contributed by atoms with Gasteiger partial charge >= 0.3 is 0 Å². The van der Waals surface area contributed by atoms with Gasteiger partial charge in [-0.1, -0.05) is 6.92 Å². The van der Waals surface area contributed by atoms with Crippen LogP contribution in [0.15, 0.2) is 46.2 Å². The van der Waals surface area contributed by atoms with Crippen LogP contribution in [-0.2, 0) is 19.4 Å². The van der Waals surface area contributed by atoms with Crippen LogP contribution in [0.3, 0.4) is 0 Å². The van der Waals surface area contributed by atoms with Gasteiger partial charge in [0.25, 0.3) is 0 Å². The van der Waals surface area contributed by atoms with E-state index in [2.05, 4.69) is 10.6 Å². The third-order valence-corrected chi connectivity index (χ3v) is 7.98. The summed E-state index contributed by atoms with van der Waals surface area (Å²) in [4.78, 5) is 25.3. The van der Waals surface area contributed by atoms with E-state index in [1.54, 1.807) is 24.3 Å². The Bertz CT molecular complexity index is 1130. The van der Waals surface area contributed by atoms with Gasteiger partial charge in [0, 0.05) is 34.7 Å². The second-order valence-electron chi connectivity index (χ2n) is 7.33. The summed E-state index contributed by atoms with van der Waals surface area (Å²) in [5, 5.41) is 5.47. The summed E-state index contributed by atoms with van der Waals surface area (Å²) in [6.07, 6.45) is -0.202. The largest absolute Gasteiger partial charge is 0.486 e. The Morgan fingerprint density at radius 1 is 1.16 bits per heavy atom. The Morgan fingerprint density at radius 2 is 1.94 bits per heavy atom. The van der Waals surface area contributed by atoms with Crippen LogP contribution in [0, 0.1) is 5.92 Å². The van der Waals surface area contributed by atoms with E-state index in [1.807, 2.05) is 6.92 Å². The van der Waals surface area contributed by atoms with E-state index in [0.29, 0.717) is 41.8 Å². The van der Waals surface area contributed by atoms with E-state index in [0.717, 1.165) is 4.90 Å². The number of amides is 2. The number of carbonyl (C=O) groups excluding carboxylic acids is 2. The molecule has 2 N–H and O–H groups in total. The number of hydrogen-bond donors (Lipinski definition) is 2. The molecule has 2 aliphatic heterocycles. The van der Waals surface area contributed by atoms with E-state index in [9.17, 15) is 18.0 Å². The molecular weight excluding hydrogens is 440 g/mol. The highest BCUT2D eigenvalue weighted by molar-refractivity contribution is 7.99. The fraction of sp³-hybridized carbons (Fsp3) is 0.333. The third-order valence-electron chi connectivity index (χ3n) is 4.93. The van der Waals surface area contributed by atoms with Gasteiger partial charge in [-0.15, -0.1) is 11.8 Å². The van der Waals surface area contributed by atoms with Crippen molar-refractivity contribution in [3.8, 4) is 11.5 Å². The van der Waals surface area contributed by atoms with Crippen molar-refractivity contribution >= 4 is 44.8 Å². The molecule has 2 aromatic rings. The average molecular weight is 463 g/mol. The van der Waals surface area contributed by atoms with Crippen molar-refractivity contribution in [1.82, 2.24) is 0 Å². The summed E-state index contributed by atoms with van der Waals surface area (Å²) in [5.41, 5.74) is 0.992. The smallest absolute Gasteiger partial charge is 0.228 e. The number of thioether (sulfide) groups is 1. The zero-order valence-electron chi connectivity index (χ0n) is 16.8. The van der Waals surface area contributed by atoms with E-state index < -0.39 is 15.7 Å². The Morgan fingerprint density at radius 3 is 2.74 bits per heavy atom. The zero-order valence-corrected chi connectivity index (χ0v) is 18.5. The molecule has 8 nitrogen and oxygen atoms in total. The summed E-state index contributed by atoms with van der Waals surface area (Å²) >= 11 is 1.51. The normalized spacial score (nSPS) is 17.8. The number of anilines is 2. The van der Waals surface area contributed by atoms with Gasteiger partial charge in [-0.3, -0.25) is 9.59 Å². The second kappa shape index (κ2) is 8.80. The molecule has 0 saturated heterocycles. The van der Waals surface area contributed by atoms with Gasteiger partial charge in [0.2, 0.25) is 11.8 Å². The molecule has 1 unspecified atom stereocenters. The first kappa shape index (κ1) is 21.5. The number of hydrogen-bond acceptors (Lipinski definition) is 7. The van der Waals surface area contributed by atoms with Crippen molar-refractivity contribution in [2.24, 2.45) is 5.92 Å². The quantitative estimate of drug-likeness (QED) is 0.703. The number of benzene rings is 2. The van der Waals surface area contributed by atoms with Crippen molar-refractivity contribution in [2.75, 3.05) is 35.4 Å². The van der Waals surface area contributed by atoms with Crippen molar-refractivity contribution in [2.45, 2.75) is 23.1 Å². The van der Waals surface area contributed by atoms with Gasteiger partial charge in [-0.2, -0.15) is 0 Å². The van der Waals surface area contributed by atoms with Crippen LogP contribution >= 0.6 is 11.8 Å². The maximum atomic E-state index is 12.8. The molecule has 2 aromatic carbocycles. The topological polar surface area (TPSA) is 111 Å². The van der Waals surface area contributed by atoms with Gasteiger partial charge < -0.3 is 20.1 Å². The SMILES string of the molecule is CC1CSc2ccc(S(=O)(=O)CCC(=O)Nc3ccc4c(c3)OCCO4)cc2NC1=O. The van der Waals surface area contributed by atoms with Gasteiger partial charge in [0.15, 0.2) is 21.3 Å². The van der Waals surface area contributed by atoms with E-state index in [-0.39, 0.29) is 28.9 Å². The third kappa shape index (κ3) is 4.96. The maximum Gasteiger partial charge on any atom is 0.228 e. The molecule has 31 heavy (non-hydrogen) atoms. The van der Waals surface area contributed by atoms with Crippen LogP contribution in [0.1, 0.15) is 13.3 Å². The minimum atomic E-state index is -3.70. The van der Waals surface area contributed by atoms with Gasteiger partial charge in [0.1, 0.15) is 13.2 Å². The number of fused-ring (bicyclic) bond motifs is 2. The highest BCUT2D eigenvalue weighted by atomic mass is 32.2. The van der Waals surface area contributed by atoms with Gasteiger partial charge in [-0.05, 0) is 30.3 Å². The summed E-state index contributed by atoms with van der Waals surface area (Å²) in [7, 11) is -3.70. The van der Waals surface area contributed by atoms with Crippen molar-refractivity contribution in [1.29, 1.82) is 0 Å². The lowest BCUT2D eigenvalue weighted by Crippen LogP contribution is -2.20. The molecule has 1 atom stereocenters. The Labute approximate surface area is 184 Å². The summed E-state index contributed by atoms with van der Waals surface area (Å²) in [6.45, 7) is 2.73. The summed E-state index contributed by atoms with van der Waals surface area (Å²) < 4.78 is 36.4. The van der Waals surface area contributed by atoms with E-state index in [1.165, 1.54) is 23.9 Å². The number of carbonyl (C=O) groups is 2. The molecule has 0 spiro atoms. The Kier molecular flexibility index (Phi) is 6.10. The van der Waals surface area contributed by atoms with Crippen molar-refractivity contribution in [3.63, 3.8) is 0 Å². The molecule has 4 rings (SSSR count). The first-order chi connectivity index (χ1) is 14.8. The van der Waals surface area contributed by atoms with Gasteiger partial charge in [-0.25, -0.2) is 8.42 Å². The fourth-order valence-corrected chi connectivity index (χ4v) is 5.44. The molecule has 0 radical (unpaired) electrons. The van der Waals surface area contributed by atoms with Crippen molar-refractivity contribution in [3.05, 3.63) is 36.4 Å². The minimum absolute atomic E-state index is 0.0776. The fourth-order valence-electron chi connectivity index (χ4n) is 3.16. The Balaban J connectivity index is 1.41. The molecule has 0 aliphatic carbocycles. The Hall–Kier alpha value is -2.72. The first-order valence-electron chi connectivity index (χ1n) is 9.82. The van der Waals surface area contributed by atoms with Crippen LogP contribution in [0.2, 0.25) is 0 Å². The predicted molar refractivity (Wildman–Crippen MR) is 118 cm³/mol. The van der Waals surface area contributed by atoms with Crippen LogP contribution in [0.5, 0.6) is 11.5 Å². The predicted octanol–water partition coefficient (Wildman–Crippen LogP) is 2.94. The number of ether oxygens (including phenoxy) is 2. The van der Waals surface area contributed by atoms with Crippen LogP contribution < -0.4 is 20.1 Å². The average Bonchev–Trinajstić information content (AvgIpc) is 2.90. The van der Waals surface area contributed by atoms with Crippen molar-refractivity contribution < 1.29 is 27.5 Å². The lowest BCUT2D eigenvalue weighted by atomic mass is 10.2. The minimum Gasteiger partial charge on any atom is -0.486 e. The molecule has 2 amide bonds. The second-order valence-corrected chi connectivity index (χ2v) is 10.5. The molecule has 0 aromatic heterocycles. The van der Waals surface area contributed by atoms with Gasteiger partial charge in [0.05, 0.1) is 16.3 Å². The summed E-state index contributed by atoms with van der Waals surface area (Å²) in [5.74, 6) is 0.699. The lowest BCUT2D eigenvalue weighted by Gasteiger charge is -2.19. The molecule has 2 aliphatic rings. The monoisotopic (exact) mass is 462 g/mol. The highest BCUT2D eigenvalue weighted by Gasteiger charge is 2.23. The van der Waals surface area contributed by atoms with E-state index in [4.69, 9.17) is 9.47 Å². The molecule has 0 bridgehead atoms. The molecule has 0 saturated carbocycles. The summed E-state index contributed by atoms with van der Waals surface area (Å²) in [6, 6.07) is 9.70. The number of sulfone groups is 1. The standard InChI is InChI=1S/C21H22N2O6S2/c1-13-12-30-19-5-3-15(11-16(19)23-21(13)25)31(26,27)9-6-20(24)22-14-2-4-17-18(10-14)29-8-7-28-17/h2-5,10-11,13H,6-9,12H2,1H3,(H,22,24)(H,23,25). The van der Waals surface area contributed by atoms with Crippen LogP contribution in [0.25, 0.3) is 0 Å². The molecule has 10 heteroatoms. The number of nitrogens with one attached hydrogen (secondary N) is 2. The highest BCUT2D eigenvalue weighted by Crippen LogP contribution is 2.35. The molecular formula is C21H22N2O6S2.